The lowest BCUT2D eigenvalue weighted by molar-refractivity contribution is -0.136. The van der Waals surface area contributed by atoms with Crippen molar-refractivity contribution in [2.45, 2.75) is 6.42 Å². The maximum absolute atomic E-state index is 13.0. The van der Waals surface area contributed by atoms with Crippen molar-refractivity contribution in [1.29, 1.82) is 0 Å². The summed E-state index contributed by atoms with van der Waals surface area (Å²) in [6.07, 6.45) is -0.346. The van der Waals surface area contributed by atoms with E-state index in [-0.39, 0.29) is 17.0 Å². The highest BCUT2D eigenvalue weighted by atomic mass is 79.9. The summed E-state index contributed by atoms with van der Waals surface area (Å²) < 4.78 is 13.5. The first kappa shape index (κ1) is 10.5. The van der Waals surface area contributed by atoms with Crippen molar-refractivity contribution in [3.63, 3.8) is 0 Å². The number of carboxylic acids is 1. The standard InChI is InChI=1S/C8H5BrClFO2/c9-5-1-4(2-8(12)13)7(11)3-6(5)10/h1,3H,2H2,(H,12,13). The minimum atomic E-state index is -1.08. The van der Waals surface area contributed by atoms with Crippen LogP contribution in [-0.4, -0.2) is 11.1 Å². The minimum absolute atomic E-state index is 0.115. The molecule has 0 fully saturated rings. The monoisotopic (exact) mass is 266 g/mol. The van der Waals surface area contributed by atoms with Crippen molar-refractivity contribution >= 4 is 33.5 Å². The van der Waals surface area contributed by atoms with E-state index < -0.39 is 11.8 Å². The zero-order chi connectivity index (χ0) is 10.0. The third-order valence-corrected chi connectivity index (χ3v) is 2.63. The third-order valence-electron chi connectivity index (χ3n) is 1.43. The predicted molar refractivity (Wildman–Crippen MR) is 50.4 cm³/mol. The number of aliphatic carboxylic acids is 1. The maximum atomic E-state index is 13.0. The second-order valence-electron chi connectivity index (χ2n) is 2.43. The van der Waals surface area contributed by atoms with E-state index in [0.29, 0.717) is 4.47 Å². The lowest BCUT2D eigenvalue weighted by atomic mass is 10.1. The summed E-state index contributed by atoms with van der Waals surface area (Å²) in [7, 11) is 0. The molecule has 0 saturated heterocycles. The van der Waals surface area contributed by atoms with Gasteiger partial charge in [0.25, 0.3) is 0 Å². The van der Waals surface area contributed by atoms with Crippen molar-refractivity contribution in [2.24, 2.45) is 0 Å². The molecular formula is C8H5BrClFO2. The van der Waals surface area contributed by atoms with Crippen LogP contribution in [0.4, 0.5) is 4.39 Å². The van der Waals surface area contributed by atoms with Crippen molar-refractivity contribution in [2.75, 3.05) is 0 Å². The lowest BCUT2D eigenvalue weighted by Crippen LogP contribution is -2.02. The van der Waals surface area contributed by atoms with Gasteiger partial charge in [0.1, 0.15) is 5.82 Å². The molecule has 13 heavy (non-hydrogen) atoms. The Hall–Kier alpha value is -0.610. The van der Waals surface area contributed by atoms with Gasteiger partial charge in [-0.15, -0.1) is 0 Å². The van der Waals surface area contributed by atoms with E-state index >= 15 is 0 Å². The van der Waals surface area contributed by atoms with E-state index in [1.807, 2.05) is 0 Å². The molecule has 2 nitrogen and oxygen atoms in total. The summed E-state index contributed by atoms with van der Waals surface area (Å²) in [6, 6.07) is 2.45. The molecule has 0 aliphatic carbocycles. The number of carboxylic acid groups (broad SMARTS) is 1. The van der Waals surface area contributed by atoms with Crippen molar-refractivity contribution in [3.05, 3.63) is 33.0 Å². The summed E-state index contributed by atoms with van der Waals surface area (Å²) in [4.78, 5) is 10.3. The van der Waals surface area contributed by atoms with Crippen LogP contribution in [0.1, 0.15) is 5.56 Å². The Labute approximate surface area is 87.5 Å². The molecule has 0 atom stereocenters. The van der Waals surface area contributed by atoms with Gasteiger partial charge < -0.3 is 5.11 Å². The fraction of sp³-hybridized carbons (Fsp3) is 0.125. The van der Waals surface area contributed by atoms with Crippen LogP contribution >= 0.6 is 27.5 Å². The fourth-order valence-corrected chi connectivity index (χ4v) is 1.40. The molecule has 0 aromatic heterocycles. The van der Waals surface area contributed by atoms with E-state index in [0.717, 1.165) is 6.07 Å². The Morgan fingerprint density at radius 2 is 2.23 bits per heavy atom. The van der Waals surface area contributed by atoms with E-state index in [1.54, 1.807) is 0 Å². The highest BCUT2D eigenvalue weighted by Crippen LogP contribution is 2.25. The average molecular weight is 267 g/mol. The van der Waals surface area contributed by atoms with Gasteiger partial charge in [-0.25, -0.2) is 4.39 Å². The minimum Gasteiger partial charge on any atom is -0.481 e. The SMILES string of the molecule is O=C(O)Cc1cc(Br)c(Cl)cc1F. The molecule has 1 aromatic rings. The molecule has 0 saturated carbocycles. The first-order valence-corrected chi connectivity index (χ1v) is 4.53. The largest absolute Gasteiger partial charge is 0.481 e. The second-order valence-corrected chi connectivity index (χ2v) is 3.69. The van der Waals surface area contributed by atoms with Crippen LogP contribution < -0.4 is 0 Å². The van der Waals surface area contributed by atoms with Gasteiger partial charge in [-0.2, -0.15) is 0 Å². The summed E-state index contributed by atoms with van der Waals surface area (Å²) in [5.41, 5.74) is 0.115. The van der Waals surface area contributed by atoms with Gasteiger partial charge in [0, 0.05) is 10.0 Å². The Balaban J connectivity index is 3.08. The van der Waals surface area contributed by atoms with Gasteiger partial charge in [0.2, 0.25) is 0 Å². The van der Waals surface area contributed by atoms with Gasteiger partial charge in [-0.05, 0) is 28.1 Å². The molecule has 0 unspecified atom stereocenters. The predicted octanol–water partition coefficient (Wildman–Crippen LogP) is 2.87. The number of carbonyl (C=O) groups is 1. The zero-order valence-corrected chi connectivity index (χ0v) is 8.69. The van der Waals surface area contributed by atoms with E-state index in [2.05, 4.69) is 15.9 Å². The lowest BCUT2D eigenvalue weighted by Gasteiger charge is -2.02. The first-order valence-electron chi connectivity index (χ1n) is 3.36. The van der Waals surface area contributed by atoms with Crippen LogP contribution in [-0.2, 0) is 11.2 Å². The quantitative estimate of drug-likeness (QED) is 0.837. The molecule has 0 radical (unpaired) electrons. The van der Waals surface area contributed by atoms with E-state index in [4.69, 9.17) is 16.7 Å². The van der Waals surface area contributed by atoms with Crippen LogP contribution in [0, 0.1) is 5.82 Å². The summed E-state index contributed by atoms with van der Waals surface area (Å²) in [5, 5.41) is 8.66. The molecule has 1 N–H and O–H groups in total. The number of benzene rings is 1. The highest BCUT2D eigenvalue weighted by Gasteiger charge is 2.09. The molecule has 1 rings (SSSR count). The normalized spacial score (nSPS) is 10.1. The summed E-state index contributed by atoms with van der Waals surface area (Å²) in [6.45, 7) is 0. The van der Waals surface area contributed by atoms with Gasteiger partial charge in [0.15, 0.2) is 0 Å². The molecule has 0 aliphatic rings. The molecular weight excluding hydrogens is 262 g/mol. The molecule has 5 heteroatoms. The molecule has 1 aromatic carbocycles. The first-order chi connectivity index (χ1) is 6.00. The fourth-order valence-electron chi connectivity index (χ4n) is 0.862. The van der Waals surface area contributed by atoms with Crippen LogP contribution in [0.3, 0.4) is 0 Å². The smallest absolute Gasteiger partial charge is 0.307 e. The Morgan fingerprint density at radius 1 is 1.62 bits per heavy atom. The zero-order valence-electron chi connectivity index (χ0n) is 6.35. The van der Waals surface area contributed by atoms with Gasteiger partial charge in [0.05, 0.1) is 11.4 Å². The highest BCUT2D eigenvalue weighted by molar-refractivity contribution is 9.10. The second kappa shape index (κ2) is 4.07. The molecule has 70 valence electrons. The molecule has 0 bridgehead atoms. The Bertz CT molecular complexity index is 354. The molecule has 0 heterocycles. The van der Waals surface area contributed by atoms with Crippen LogP contribution in [0.5, 0.6) is 0 Å². The number of halogens is 3. The number of rotatable bonds is 2. The van der Waals surface area contributed by atoms with Crippen LogP contribution in [0.25, 0.3) is 0 Å². The Kier molecular flexibility index (Phi) is 3.27. The average Bonchev–Trinajstić information content (AvgIpc) is 1.99. The molecule has 0 spiro atoms. The molecule has 0 aliphatic heterocycles. The number of hydrogen-bond acceptors (Lipinski definition) is 1. The van der Waals surface area contributed by atoms with Crippen molar-refractivity contribution in [3.8, 4) is 0 Å². The van der Waals surface area contributed by atoms with E-state index in [1.165, 1.54) is 6.07 Å². The van der Waals surface area contributed by atoms with E-state index in [9.17, 15) is 9.18 Å². The third kappa shape index (κ3) is 2.67. The van der Waals surface area contributed by atoms with Crippen LogP contribution in [0.15, 0.2) is 16.6 Å². The van der Waals surface area contributed by atoms with Crippen molar-refractivity contribution < 1.29 is 14.3 Å². The summed E-state index contributed by atoms with van der Waals surface area (Å²) >= 11 is 8.67. The summed E-state index contributed by atoms with van der Waals surface area (Å²) in [5.74, 6) is -1.68. The molecule has 0 amide bonds. The number of hydrogen-bond donors (Lipinski definition) is 1. The topological polar surface area (TPSA) is 37.3 Å². The van der Waals surface area contributed by atoms with Gasteiger partial charge in [-0.1, -0.05) is 11.6 Å². The Morgan fingerprint density at radius 3 is 2.77 bits per heavy atom. The van der Waals surface area contributed by atoms with Crippen LogP contribution in [0.2, 0.25) is 5.02 Å². The van der Waals surface area contributed by atoms with Crippen molar-refractivity contribution in [1.82, 2.24) is 0 Å². The van der Waals surface area contributed by atoms with Gasteiger partial charge >= 0.3 is 5.97 Å². The maximum Gasteiger partial charge on any atom is 0.307 e. The van der Waals surface area contributed by atoms with Gasteiger partial charge in [-0.3, -0.25) is 4.79 Å².